The minimum atomic E-state index is 0.179. The molecular weight excluding hydrogens is 202 g/mol. The average molecular weight is 215 g/mol. The first kappa shape index (κ1) is 10.6. The van der Waals surface area contributed by atoms with Gasteiger partial charge in [-0.05, 0) is 17.7 Å². The smallest absolute Gasteiger partial charge is 0.293 e. The Labute approximate surface area is 94.1 Å². The molecule has 0 aliphatic rings. The van der Waals surface area contributed by atoms with Crippen LogP contribution < -0.4 is 0 Å². The molecule has 1 aromatic carbocycles. The molecule has 0 spiro atoms. The van der Waals surface area contributed by atoms with Gasteiger partial charge < -0.3 is 4.74 Å². The summed E-state index contributed by atoms with van der Waals surface area (Å²) in [7, 11) is 0. The van der Waals surface area contributed by atoms with Crippen LogP contribution in [0, 0.1) is 0 Å². The normalized spacial score (nSPS) is 12.3. The highest BCUT2D eigenvalue weighted by Crippen LogP contribution is 2.23. The number of hydrogen-bond acceptors (Lipinski definition) is 3. The predicted octanol–water partition coefficient (Wildman–Crippen LogP) is 2.51. The van der Waals surface area contributed by atoms with Crippen molar-refractivity contribution in [1.29, 1.82) is 0 Å². The lowest BCUT2D eigenvalue weighted by Crippen LogP contribution is -2.04. The number of carbonyl (C=O) groups is 1. The van der Waals surface area contributed by atoms with Crippen LogP contribution in [0.4, 0.5) is 0 Å². The van der Waals surface area contributed by atoms with Crippen molar-refractivity contribution in [3.8, 4) is 0 Å². The number of aromatic nitrogens is 1. The highest BCUT2D eigenvalue weighted by Gasteiger charge is 2.09. The van der Waals surface area contributed by atoms with Gasteiger partial charge in [0.15, 0.2) is 0 Å². The quantitative estimate of drug-likeness (QED) is 0.735. The summed E-state index contributed by atoms with van der Waals surface area (Å²) in [5.74, 6) is 0.179. The largest absolute Gasteiger partial charge is 0.467 e. The highest BCUT2D eigenvalue weighted by molar-refractivity contribution is 5.82. The lowest BCUT2D eigenvalue weighted by Gasteiger charge is -2.12. The molecule has 3 heteroatoms. The molecule has 0 amide bonds. The maximum atomic E-state index is 10.2. The van der Waals surface area contributed by atoms with Crippen molar-refractivity contribution in [3.63, 3.8) is 0 Å². The minimum absolute atomic E-state index is 0.179. The van der Waals surface area contributed by atoms with E-state index in [2.05, 4.69) is 4.98 Å². The Morgan fingerprint density at radius 3 is 3.00 bits per heavy atom. The Hall–Kier alpha value is -1.90. The van der Waals surface area contributed by atoms with Gasteiger partial charge in [0.2, 0.25) is 0 Å². The number of ether oxygens (including phenoxy) is 1. The maximum Gasteiger partial charge on any atom is 0.293 e. The molecule has 1 heterocycles. The van der Waals surface area contributed by atoms with E-state index in [0.29, 0.717) is 13.1 Å². The average Bonchev–Trinajstić information content (AvgIpc) is 2.35. The van der Waals surface area contributed by atoms with Crippen molar-refractivity contribution >= 4 is 17.4 Å². The van der Waals surface area contributed by atoms with E-state index in [4.69, 9.17) is 4.74 Å². The summed E-state index contributed by atoms with van der Waals surface area (Å²) in [6.45, 7) is 2.92. The number of fused-ring (bicyclic) bond motifs is 1. The van der Waals surface area contributed by atoms with Crippen LogP contribution in [0.1, 0.15) is 18.4 Å². The highest BCUT2D eigenvalue weighted by atomic mass is 16.5. The Kier molecular flexibility index (Phi) is 3.15. The van der Waals surface area contributed by atoms with E-state index in [-0.39, 0.29) is 5.92 Å². The van der Waals surface area contributed by atoms with E-state index in [0.717, 1.165) is 16.5 Å². The fourth-order valence-electron chi connectivity index (χ4n) is 1.82. The van der Waals surface area contributed by atoms with Gasteiger partial charge in [0.05, 0.1) is 12.1 Å². The summed E-state index contributed by atoms with van der Waals surface area (Å²) < 4.78 is 4.80. The van der Waals surface area contributed by atoms with Crippen molar-refractivity contribution in [3.05, 3.63) is 42.1 Å². The molecule has 0 aliphatic carbocycles. The molecule has 1 atom stereocenters. The summed E-state index contributed by atoms with van der Waals surface area (Å²) in [5, 5.41) is 1.12. The van der Waals surface area contributed by atoms with Crippen LogP contribution in [0.3, 0.4) is 0 Å². The number of carbonyl (C=O) groups excluding carboxylic acids is 1. The van der Waals surface area contributed by atoms with Gasteiger partial charge in [-0.15, -0.1) is 0 Å². The van der Waals surface area contributed by atoms with Gasteiger partial charge in [0.1, 0.15) is 0 Å². The second-order valence-corrected chi connectivity index (χ2v) is 3.75. The molecule has 0 saturated heterocycles. The van der Waals surface area contributed by atoms with Gasteiger partial charge >= 0.3 is 0 Å². The maximum absolute atomic E-state index is 10.2. The Morgan fingerprint density at radius 2 is 2.19 bits per heavy atom. The van der Waals surface area contributed by atoms with Gasteiger partial charge in [-0.25, -0.2) is 0 Å². The first-order chi connectivity index (χ1) is 7.83. The van der Waals surface area contributed by atoms with Crippen molar-refractivity contribution < 1.29 is 9.53 Å². The van der Waals surface area contributed by atoms with Gasteiger partial charge in [0, 0.05) is 17.5 Å². The van der Waals surface area contributed by atoms with E-state index in [1.165, 1.54) is 0 Å². The van der Waals surface area contributed by atoms with Crippen molar-refractivity contribution in [2.24, 2.45) is 0 Å². The van der Waals surface area contributed by atoms with Gasteiger partial charge in [0.25, 0.3) is 6.47 Å². The zero-order valence-electron chi connectivity index (χ0n) is 9.09. The predicted molar refractivity (Wildman–Crippen MR) is 62.2 cm³/mol. The molecule has 3 nitrogen and oxygen atoms in total. The molecule has 2 rings (SSSR count). The molecule has 0 aliphatic heterocycles. The lowest BCUT2D eigenvalue weighted by molar-refractivity contribution is -0.129. The summed E-state index contributed by atoms with van der Waals surface area (Å²) in [4.78, 5) is 14.5. The molecule has 0 bridgehead atoms. The molecule has 0 fully saturated rings. The van der Waals surface area contributed by atoms with Crippen LogP contribution in [0.25, 0.3) is 10.9 Å². The van der Waals surface area contributed by atoms with Crippen molar-refractivity contribution in [2.45, 2.75) is 12.8 Å². The SMILES string of the molecule is CC(COC=O)c1ccnc2ccccc12. The molecule has 82 valence electrons. The van der Waals surface area contributed by atoms with Crippen LogP contribution in [0.2, 0.25) is 0 Å². The standard InChI is InChI=1S/C13H13NO2/c1-10(8-16-9-15)11-6-7-14-13-5-3-2-4-12(11)13/h2-7,9-10H,8H2,1H3. The minimum Gasteiger partial charge on any atom is -0.467 e. The summed E-state index contributed by atoms with van der Waals surface area (Å²) in [6, 6.07) is 9.94. The zero-order chi connectivity index (χ0) is 11.4. The fraction of sp³-hybridized carbons (Fsp3) is 0.231. The van der Waals surface area contributed by atoms with E-state index < -0.39 is 0 Å². The lowest BCUT2D eigenvalue weighted by atomic mass is 9.98. The first-order valence-electron chi connectivity index (χ1n) is 5.22. The monoisotopic (exact) mass is 215 g/mol. The van der Waals surface area contributed by atoms with Crippen LogP contribution in [-0.2, 0) is 9.53 Å². The Bertz CT molecular complexity index is 491. The third kappa shape index (κ3) is 2.03. The number of para-hydroxylation sites is 1. The molecule has 1 aromatic heterocycles. The van der Waals surface area contributed by atoms with Crippen LogP contribution in [-0.4, -0.2) is 18.1 Å². The van der Waals surface area contributed by atoms with E-state index in [1.807, 2.05) is 37.3 Å². The summed E-state index contributed by atoms with van der Waals surface area (Å²) >= 11 is 0. The first-order valence-corrected chi connectivity index (χ1v) is 5.22. The van der Waals surface area contributed by atoms with Crippen LogP contribution >= 0.6 is 0 Å². The zero-order valence-corrected chi connectivity index (χ0v) is 9.09. The number of hydrogen-bond donors (Lipinski definition) is 0. The van der Waals surface area contributed by atoms with E-state index >= 15 is 0 Å². The molecule has 16 heavy (non-hydrogen) atoms. The van der Waals surface area contributed by atoms with E-state index in [9.17, 15) is 4.79 Å². The van der Waals surface area contributed by atoms with Gasteiger partial charge in [-0.3, -0.25) is 9.78 Å². The Balaban J connectivity index is 2.39. The molecule has 1 unspecified atom stereocenters. The van der Waals surface area contributed by atoms with Crippen LogP contribution in [0.15, 0.2) is 36.5 Å². The third-order valence-electron chi connectivity index (χ3n) is 2.63. The van der Waals surface area contributed by atoms with Crippen LogP contribution in [0.5, 0.6) is 0 Å². The summed E-state index contributed by atoms with van der Waals surface area (Å²) in [5.41, 5.74) is 2.13. The van der Waals surface area contributed by atoms with Crippen molar-refractivity contribution in [2.75, 3.05) is 6.61 Å². The van der Waals surface area contributed by atoms with Crippen molar-refractivity contribution in [1.82, 2.24) is 4.98 Å². The number of nitrogens with zero attached hydrogens (tertiary/aromatic N) is 1. The molecular formula is C13H13NO2. The number of benzene rings is 1. The topological polar surface area (TPSA) is 39.2 Å². The summed E-state index contributed by atoms with van der Waals surface area (Å²) in [6.07, 6.45) is 1.79. The van der Waals surface area contributed by atoms with E-state index in [1.54, 1.807) is 6.20 Å². The second-order valence-electron chi connectivity index (χ2n) is 3.75. The second kappa shape index (κ2) is 4.75. The molecule has 2 aromatic rings. The number of pyridine rings is 1. The number of rotatable bonds is 4. The van der Waals surface area contributed by atoms with Gasteiger partial charge in [-0.2, -0.15) is 0 Å². The molecule has 0 N–H and O–H groups in total. The fourth-order valence-corrected chi connectivity index (χ4v) is 1.82. The van der Waals surface area contributed by atoms with Gasteiger partial charge in [-0.1, -0.05) is 25.1 Å². The third-order valence-corrected chi connectivity index (χ3v) is 2.63. The Morgan fingerprint density at radius 1 is 1.38 bits per heavy atom. The molecule has 0 saturated carbocycles. The molecule has 0 radical (unpaired) electrons.